The van der Waals surface area contributed by atoms with E-state index < -0.39 is 5.60 Å². The zero-order valence-electron chi connectivity index (χ0n) is 13.3. The maximum absolute atomic E-state index is 13.4. The topological polar surface area (TPSA) is 26.3 Å². The molecule has 3 aromatic carbocycles. The molecule has 0 N–H and O–H groups in total. The number of ketones is 1. The van der Waals surface area contributed by atoms with Gasteiger partial charge in [-0.2, -0.15) is 0 Å². The van der Waals surface area contributed by atoms with E-state index in [1.54, 1.807) is 0 Å². The number of hydrogen-bond acceptors (Lipinski definition) is 2. The largest absolute Gasteiger partial charge is 0.357 e. The van der Waals surface area contributed by atoms with E-state index in [0.29, 0.717) is 18.6 Å². The van der Waals surface area contributed by atoms with Crippen molar-refractivity contribution in [3.63, 3.8) is 0 Å². The molecule has 24 heavy (non-hydrogen) atoms. The van der Waals surface area contributed by atoms with Gasteiger partial charge in [-0.25, -0.2) is 0 Å². The van der Waals surface area contributed by atoms with Gasteiger partial charge in [-0.15, -0.1) is 0 Å². The minimum Gasteiger partial charge on any atom is -0.357 e. The van der Waals surface area contributed by atoms with Gasteiger partial charge in [0.25, 0.3) is 0 Å². The summed E-state index contributed by atoms with van der Waals surface area (Å²) in [6, 6.07) is 27.4. The number of benzene rings is 3. The highest BCUT2D eigenvalue weighted by molar-refractivity contribution is 6.03. The minimum atomic E-state index is -0.961. The van der Waals surface area contributed by atoms with E-state index in [-0.39, 0.29) is 5.78 Å². The van der Waals surface area contributed by atoms with Crippen LogP contribution >= 0.6 is 0 Å². The number of ether oxygens (including phenoxy) is 1. The summed E-state index contributed by atoms with van der Waals surface area (Å²) in [5.74, 6) is 0.0174. The normalized spacial score (nSPS) is 19.5. The molecule has 2 heteroatoms. The number of hydrogen-bond donors (Lipinski definition) is 0. The highest BCUT2D eigenvalue weighted by Gasteiger charge is 2.44. The number of carbonyl (C=O) groups is 1. The number of Topliss-reactive ketones (excluding diaryl/α,β-unsaturated/α-hetero) is 1. The van der Waals surface area contributed by atoms with Crippen molar-refractivity contribution in [2.75, 3.05) is 0 Å². The fourth-order valence-corrected chi connectivity index (χ4v) is 3.38. The molecule has 0 saturated carbocycles. The first-order chi connectivity index (χ1) is 11.8. The molecule has 2 nitrogen and oxygen atoms in total. The molecule has 0 radical (unpaired) electrons. The van der Waals surface area contributed by atoms with Crippen LogP contribution < -0.4 is 0 Å². The Kier molecular flexibility index (Phi) is 3.75. The van der Waals surface area contributed by atoms with Crippen LogP contribution in [0.3, 0.4) is 0 Å². The molecule has 1 heterocycles. The van der Waals surface area contributed by atoms with Gasteiger partial charge in [-0.3, -0.25) is 4.79 Å². The average Bonchev–Trinajstić information content (AvgIpc) is 2.68. The molecule has 1 unspecified atom stereocenters. The Hall–Kier alpha value is -2.71. The Morgan fingerprint density at radius 3 is 2.04 bits per heavy atom. The number of rotatable bonds is 3. The van der Waals surface area contributed by atoms with Crippen molar-refractivity contribution < 1.29 is 9.53 Å². The standard InChI is InChI=1S/C22H18O2/c23-21(17-9-3-1-4-10-17)22(20-13-5-2-6-14-20)15-18-11-7-8-12-19(18)16-24-22/h1-14H,15-16H2. The van der Waals surface area contributed by atoms with E-state index in [1.165, 1.54) is 5.56 Å². The van der Waals surface area contributed by atoms with Crippen molar-refractivity contribution in [3.05, 3.63) is 107 Å². The van der Waals surface area contributed by atoms with E-state index in [9.17, 15) is 4.79 Å². The molecule has 0 aliphatic carbocycles. The van der Waals surface area contributed by atoms with Gasteiger partial charge >= 0.3 is 0 Å². The minimum absolute atomic E-state index is 0.0174. The van der Waals surface area contributed by atoms with Crippen LogP contribution in [0, 0.1) is 0 Å². The van der Waals surface area contributed by atoms with Gasteiger partial charge in [-0.05, 0) is 16.7 Å². The molecule has 1 aliphatic heterocycles. The molecule has 0 amide bonds. The quantitative estimate of drug-likeness (QED) is 0.664. The second kappa shape index (κ2) is 6.06. The Morgan fingerprint density at radius 1 is 0.750 bits per heavy atom. The maximum Gasteiger partial charge on any atom is 0.199 e. The summed E-state index contributed by atoms with van der Waals surface area (Å²) >= 11 is 0. The first-order valence-corrected chi connectivity index (χ1v) is 8.16. The van der Waals surface area contributed by atoms with Crippen molar-refractivity contribution in [2.24, 2.45) is 0 Å². The number of fused-ring (bicyclic) bond motifs is 1. The smallest absolute Gasteiger partial charge is 0.199 e. The summed E-state index contributed by atoms with van der Waals surface area (Å²) in [7, 11) is 0. The summed E-state index contributed by atoms with van der Waals surface area (Å²) in [5.41, 5.74) is 2.97. The van der Waals surface area contributed by atoms with Crippen LogP contribution in [0.5, 0.6) is 0 Å². The van der Waals surface area contributed by atoms with Gasteiger partial charge in [0.2, 0.25) is 0 Å². The van der Waals surface area contributed by atoms with Crippen LogP contribution in [0.1, 0.15) is 27.0 Å². The molecule has 118 valence electrons. The molecule has 0 aromatic heterocycles. The molecule has 0 bridgehead atoms. The van der Waals surface area contributed by atoms with Crippen LogP contribution in [-0.4, -0.2) is 5.78 Å². The Bertz CT molecular complexity index is 855. The summed E-state index contributed by atoms with van der Waals surface area (Å²) < 4.78 is 6.24. The monoisotopic (exact) mass is 314 g/mol. The second-order valence-corrected chi connectivity index (χ2v) is 6.12. The van der Waals surface area contributed by atoms with E-state index in [4.69, 9.17) is 4.74 Å². The lowest BCUT2D eigenvalue weighted by molar-refractivity contribution is -0.0487. The lowest BCUT2D eigenvalue weighted by Crippen LogP contribution is -2.43. The van der Waals surface area contributed by atoms with Gasteiger partial charge in [0.05, 0.1) is 6.61 Å². The summed E-state index contributed by atoms with van der Waals surface area (Å²) in [5, 5.41) is 0. The fourth-order valence-electron chi connectivity index (χ4n) is 3.38. The highest BCUT2D eigenvalue weighted by Crippen LogP contribution is 2.39. The van der Waals surface area contributed by atoms with Crippen LogP contribution in [0.25, 0.3) is 0 Å². The predicted molar refractivity (Wildman–Crippen MR) is 93.8 cm³/mol. The highest BCUT2D eigenvalue weighted by atomic mass is 16.5. The predicted octanol–water partition coefficient (Wildman–Crippen LogP) is 4.54. The summed E-state index contributed by atoms with van der Waals surface area (Å²) in [6.07, 6.45) is 0.556. The maximum atomic E-state index is 13.4. The lowest BCUT2D eigenvalue weighted by atomic mass is 9.78. The van der Waals surface area contributed by atoms with Crippen LogP contribution in [0.4, 0.5) is 0 Å². The van der Waals surface area contributed by atoms with Crippen LogP contribution in [-0.2, 0) is 23.4 Å². The van der Waals surface area contributed by atoms with Gasteiger partial charge in [0.1, 0.15) is 0 Å². The molecule has 3 aromatic rings. The van der Waals surface area contributed by atoms with Crippen molar-refractivity contribution in [1.82, 2.24) is 0 Å². The third-order valence-corrected chi connectivity index (χ3v) is 4.67. The molecule has 4 rings (SSSR count). The Labute approximate surface area is 141 Å². The molecule has 0 saturated heterocycles. The van der Waals surface area contributed by atoms with Gasteiger partial charge in [0.15, 0.2) is 11.4 Å². The lowest BCUT2D eigenvalue weighted by Gasteiger charge is -2.37. The molecule has 0 spiro atoms. The zero-order valence-corrected chi connectivity index (χ0v) is 13.3. The SMILES string of the molecule is O=C(c1ccccc1)C1(c2ccccc2)Cc2ccccc2CO1. The van der Waals surface area contributed by atoms with Crippen LogP contribution in [0.15, 0.2) is 84.9 Å². The van der Waals surface area contributed by atoms with E-state index >= 15 is 0 Å². The Balaban J connectivity index is 1.85. The first-order valence-electron chi connectivity index (χ1n) is 8.16. The average molecular weight is 314 g/mol. The molecular formula is C22H18O2. The molecule has 1 aliphatic rings. The van der Waals surface area contributed by atoms with Gasteiger partial charge in [-0.1, -0.05) is 84.9 Å². The molecule has 0 fully saturated rings. The van der Waals surface area contributed by atoms with Gasteiger partial charge < -0.3 is 4.74 Å². The zero-order chi connectivity index (χ0) is 16.4. The third kappa shape index (κ3) is 2.45. The van der Waals surface area contributed by atoms with Crippen LogP contribution in [0.2, 0.25) is 0 Å². The fraction of sp³-hybridized carbons (Fsp3) is 0.136. The Morgan fingerprint density at radius 2 is 1.33 bits per heavy atom. The second-order valence-electron chi connectivity index (χ2n) is 6.12. The van der Waals surface area contributed by atoms with Gasteiger partial charge in [0, 0.05) is 12.0 Å². The van der Waals surface area contributed by atoms with E-state index in [1.807, 2.05) is 72.8 Å². The first kappa shape index (κ1) is 14.9. The van der Waals surface area contributed by atoms with Crippen molar-refractivity contribution in [2.45, 2.75) is 18.6 Å². The third-order valence-electron chi connectivity index (χ3n) is 4.67. The summed E-state index contributed by atoms with van der Waals surface area (Å²) in [6.45, 7) is 0.448. The van der Waals surface area contributed by atoms with Crippen molar-refractivity contribution in [3.8, 4) is 0 Å². The van der Waals surface area contributed by atoms with Crippen molar-refractivity contribution in [1.29, 1.82) is 0 Å². The van der Waals surface area contributed by atoms with E-state index in [2.05, 4.69) is 12.1 Å². The van der Waals surface area contributed by atoms with Crippen molar-refractivity contribution >= 4 is 5.78 Å². The number of carbonyl (C=O) groups excluding carboxylic acids is 1. The molecular weight excluding hydrogens is 296 g/mol. The van der Waals surface area contributed by atoms with E-state index in [0.717, 1.165) is 11.1 Å². The molecule has 1 atom stereocenters. The summed E-state index contributed by atoms with van der Waals surface area (Å²) in [4.78, 5) is 13.4.